The van der Waals surface area contributed by atoms with Gasteiger partial charge in [-0.05, 0) is 47.2 Å². The Bertz CT molecular complexity index is 1380. The van der Waals surface area contributed by atoms with E-state index in [-0.39, 0.29) is 11.1 Å². The molecule has 2 amide bonds. The number of amides is 2. The zero-order valence-corrected chi connectivity index (χ0v) is 15.5. The summed E-state index contributed by atoms with van der Waals surface area (Å²) >= 11 is 0. The van der Waals surface area contributed by atoms with E-state index in [0.29, 0.717) is 16.8 Å². The molecule has 1 heterocycles. The quantitative estimate of drug-likeness (QED) is 0.532. The number of carbonyl (C=O) groups excluding carboxylic acids is 2. The van der Waals surface area contributed by atoms with Crippen molar-refractivity contribution in [3.63, 3.8) is 0 Å². The summed E-state index contributed by atoms with van der Waals surface area (Å²) in [6, 6.07) is 21.8. The average molecular weight is 381 g/mol. The molecular weight excluding hydrogens is 366 g/mol. The molecule has 0 aliphatic heterocycles. The Morgan fingerprint density at radius 1 is 1.00 bits per heavy atom. The second-order valence-electron chi connectivity index (χ2n) is 6.44. The number of rotatable bonds is 2. The van der Waals surface area contributed by atoms with Crippen molar-refractivity contribution in [3.8, 4) is 6.07 Å². The van der Waals surface area contributed by atoms with Crippen molar-refractivity contribution in [1.29, 1.82) is 5.26 Å². The maximum absolute atomic E-state index is 12.7. The van der Waals surface area contributed by atoms with Crippen LogP contribution < -0.4 is 10.9 Å². The summed E-state index contributed by atoms with van der Waals surface area (Å²) in [6.45, 7) is 1.27. The van der Waals surface area contributed by atoms with Crippen LogP contribution in [0.2, 0.25) is 0 Å². The first-order valence-corrected chi connectivity index (χ1v) is 8.87. The topological polar surface area (TPSA) is 95.5 Å². The predicted octanol–water partition coefficient (Wildman–Crippen LogP) is 3.97. The number of carbonyl (C=O) groups is 2. The van der Waals surface area contributed by atoms with Crippen LogP contribution in [0.4, 0.5) is 5.69 Å². The van der Waals surface area contributed by atoms with E-state index in [1.807, 2.05) is 42.5 Å². The Morgan fingerprint density at radius 2 is 1.76 bits per heavy atom. The minimum Gasteiger partial charge on any atom is -0.438 e. The zero-order chi connectivity index (χ0) is 20.4. The summed E-state index contributed by atoms with van der Waals surface area (Å²) in [5, 5.41) is 13.9. The Balaban J connectivity index is 1.99. The minimum atomic E-state index is -0.594. The van der Waals surface area contributed by atoms with E-state index >= 15 is 0 Å². The molecule has 0 saturated carbocycles. The third-order valence-corrected chi connectivity index (χ3v) is 4.42. The molecule has 0 saturated heterocycles. The number of benzene rings is 3. The lowest BCUT2D eigenvalue weighted by molar-refractivity contribution is -0.118. The molecule has 0 radical (unpaired) electrons. The van der Waals surface area contributed by atoms with Crippen LogP contribution in [0.25, 0.3) is 21.7 Å². The van der Waals surface area contributed by atoms with Crippen molar-refractivity contribution in [2.45, 2.75) is 6.92 Å². The third-order valence-electron chi connectivity index (χ3n) is 4.42. The third kappa shape index (κ3) is 3.62. The van der Waals surface area contributed by atoms with E-state index in [0.717, 1.165) is 16.2 Å². The van der Waals surface area contributed by atoms with E-state index < -0.39 is 11.8 Å². The summed E-state index contributed by atoms with van der Waals surface area (Å²) in [5.41, 5.74) is 1.81. The largest absolute Gasteiger partial charge is 0.438 e. The van der Waals surface area contributed by atoms with Crippen molar-refractivity contribution in [2.24, 2.45) is 4.99 Å². The van der Waals surface area contributed by atoms with Crippen LogP contribution in [0.1, 0.15) is 22.8 Å². The van der Waals surface area contributed by atoms with Crippen molar-refractivity contribution in [1.82, 2.24) is 5.32 Å². The Hall–Kier alpha value is -4.24. The van der Waals surface area contributed by atoms with Crippen molar-refractivity contribution < 1.29 is 14.0 Å². The molecule has 29 heavy (non-hydrogen) atoms. The van der Waals surface area contributed by atoms with Gasteiger partial charge in [0.1, 0.15) is 11.1 Å². The van der Waals surface area contributed by atoms with E-state index in [1.54, 1.807) is 30.3 Å². The lowest BCUT2D eigenvalue weighted by atomic mass is 10.0. The van der Waals surface area contributed by atoms with Crippen LogP contribution in [0.3, 0.4) is 0 Å². The van der Waals surface area contributed by atoms with Gasteiger partial charge in [0, 0.05) is 12.3 Å². The number of hydrogen-bond acceptors (Lipinski definition) is 5. The van der Waals surface area contributed by atoms with Crippen LogP contribution in [-0.2, 0) is 4.79 Å². The van der Waals surface area contributed by atoms with Crippen molar-refractivity contribution >= 4 is 39.2 Å². The molecule has 0 bridgehead atoms. The predicted molar refractivity (Wildman–Crippen MR) is 108 cm³/mol. The molecule has 4 rings (SSSR count). The van der Waals surface area contributed by atoms with Gasteiger partial charge in [-0.15, -0.1) is 0 Å². The molecule has 1 aromatic heterocycles. The molecule has 4 aromatic rings. The second kappa shape index (κ2) is 7.41. The summed E-state index contributed by atoms with van der Waals surface area (Å²) in [4.78, 5) is 28.5. The molecule has 1 N–H and O–H groups in total. The summed E-state index contributed by atoms with van der Waals surface area (Å²) < 4.78 is 5.96. The normalized spacial score (nSPS) is 11.4. The van der Waals surface area contributed by atoms with Gasteiger partial charge >= 0.3 is 0 Å². The van der Waals surface area contributed by atoms with Gasteiger partial charge in [-0.2, -0.15) is 5.26 Å². The van der Waals surface area contributed by atoms with Crippen LogP contribution >= 0.6 is 0 Å². The first kappa shape index (κ1) is 18.1. The Morgan fingerprint density at radius 3 is 2.48 bits per heavy atom. The summed E-state index contributed by atoms with van der Waals surface area (Å²) in [7, 11) is 0. The van der Waals surface area contributed by atoms with Gasteiger partial charge in [-0.25, -0.2) is 4.99 Å². The Kier molecular flexibility index (Phi) is 4.63. The SMILES string of the molecule is CC(=O)NC(=O)c1cc2c(ccc3ccccc32)oc1=Nc1ccc(C#N)cc1. The number of fused-ring (bicyclic) bond motifs is 3. The van der Waals surface area contributed by atoms with Gasteiger partial charge in [-0.1, -0.05) is 30.3 Å². The summed E-state index contributed by atoms with van der Waals surface area (Å²) in [5.74, 6) is -1.07. The number of imide groups is 1. The number of nitrogens with one attached hydrogen (secondary N) is 1. The zero-order valence-electron chi connectivity index (χ0n) is 15.5. The lowest BCUT2D eigenvalue weighted by Gasteiger charge is -2.07. The van der Waals surface area contributed by atoms with E-state index in [9.17, 15) is 9.59 Å². The second-order valence-corrected chi connectivity index (χ2v) is 6.44. The molecule has 0 fully saturated rings. The molecular formula is C23H15N3O3. The minimum absolute atomic E-state index is 0.0799. The van der Waals surface area contributed by atoms with Crippen molar-refractivity contribution in [3.05, 3.63) is 83.4 Å². The molecule has 140 valence electrons. The van der Waals surface area contributed by atoms with Gasteiger partial charge in [0.05, 0.1) is 17.3 Å². The van der Waals surface area contributed by atoms with Gasteiger partial charge in [0.25, 0.3) is 5.91 Å². The van der Waals surface area contributed by atoms with E-state index in [1.165, 1.54) is 6.92 Å². The van der Waals surface area contributed by atoms with E-state index in [4.69, 9.17) is 9.68 Å². The highest BCUT2D eigenvalue weighted by Crippen LogP contribution is 2.25. The number of hydrogen-bond donors (Lipinski definition) is 1. The Labute approximate surface area is 165 Å². The standard InChI is InChI=1S/C23H15N3O3/c1-14(27)25-22(28)20-12-19-18-5-3-2-4-16(18)8-11-21(19)29-23(20)26-17-9-6-15(13-24)7-10-17/h2-12H,1H3,(H,25,27,28). The van der Waals surface area contributed by atoms with Gasteiger partial charge < -0.3 is 4.42 Å². The molecule has 0 aliphatic rings. The van der Waals surface area contributed by atoms with Crippen LogP contribution in [0.5, 0.6) is 0 Å². The first-order chi connectivity index (χ1) is 14.0. The molecule has 3 aromatic carbocycles. The fourth-order valence-electron chi connectivity index (χ4n) is 3.08. The molecule has 0 atom stereocenters. The van der Waals surface area contributed by atoms with Crippen LogP contribution in [0, 0.1) is 11.3 Å². The molecule has 0 aliphatic carbocycles. The molecule has 6 heteroatoms. The molecule has 0 unspecified atom stereocenters. The van der Waals surface area contributed by atoms with E-state index in [2.05, 4.69) is 10.3 Å². The molecule has 6 nitrogen and oxygen atoms in total. The van der Waals surface area contributed by atoms with Crippen molar-refractivity contribution in [2.75, 3.05) is 0 Å². The number of nitriles is 1. The number of nitrogens with zero attached hydrogens (tertiary/aromatic N) is 2. The van der Waals surface area contributed by atoms with Crippen LogP contribution in [-0.4, -0.2) is 11.8 Å². The highest BCUT2D eigenvalue weighted by atomic mass is 16.3. The summed E-state index contributed by atoms with van der Waals surface area (Å²) in [6.07, 6.45) is 0. The van der Waals surface area contributed by atoms with Gasteiger partial charge in [-0.3, -0.25) is 14.9 Å². The van der Waals surface area contributed by atoms with Crippen LogP contribution in [0.15, 0.2) is 76.1 Å². The fraction of sp³-hybridized carbons (Fsp3) is 0.0435. The highest BCUT2D eigenvalue weighted by Gasteiger charge is 2.15. The van der Waals surface area contributed by atoms with Gasteiger partial charge in [0.15, 0.2) is 0 Å². The maximum atomic E-state index is 12.7. The average Bonchev–Trinajstić information content (AvgIpc) is 2.73. The lowest BCUT2D eigenvalue weighted by Crippen LogP contribution is -2.32. The van der Waals surface area contributed by atoms with Gasteiger partial charge in [0.2, 0.25) is 11.5 Å². The highest BCUT2D eigenvalue weighted by molar-refractivity contribution is 6.09. The smallest absolute Gasteiger partial charge is 0.263 e. The fourth-order valence-corrected chi connectivity index (χ4v) is 3.08. The molecule has 0 spiro atoms. The first-order valence-electron chi connectivity index (χ1n) is 8.87. The monoisotopic (exact) mass is 381 g/mol. The maximum Gasteiger partial charge on any atom is 0.263 e.